The lowest BCUT2D eigenvalue weighted by Crippen LogP contribution is -2.40. The molecule has 1 unspecified atom stereocenters. The van der Waals surface area contributed by atoms with E-state index in [0.29, 0.717) is 12.8 Å². The third-order valence-electron chi connectivity index (χ3n) is 3.88. The van der Waals surface area contributed by atoms with E-state index in [-0.39, 0.29) is 30.6 Å². The largest absolute Gasteiger partial charge is 0.396 e. The van der Waals surface area contributed by atoms with Crippen molar-refractivity contribution in [2.24, 2.45) is 11.3 Å². The van der Waals surface area contributed by atoms with Crippen LogP contribution in [0.15, 0.2) is 15.9 Å². The fraction of sp³-hybridized carbons (Fsp3) is 0.667. The maximum atomic E-state index is 11.6. The summed E-state index contributed by atoms with van der Waals surface area (Å²) in [6.07, 6.45) is 1.03. The first-order valence-corrected chi connectivity index (χ1v) is 9.50. The molecule has 0 spiro atoms. The third kappa shape index (κ3) is 3.39. The van der Waals surface area contributed by atoms with Crippen LogP contribution in [0.2, 0.25) is 0 Å². The molecular weight excluding hydrogens is 352 g/mol. The van der Waals surface area contributed by atoms with Crippen molar-refractivity contribution in [1.82, 2.24) is 0 Å². The number of aliphatic hydroxyl groups excluding tert-OH is 2. The van der Waals surface area contributed by atoms with E-state index in [0.717, 1.165) is 8.66 Å². The van der Waals surface area contributed by atoms with Crippen molar-refractivity contribution in [1.29, 1.82) is 0 Å². The molecule has 19 heavy (non-hydrogen) atoms. The van der Waals surface area contributed by atoms with Gasteiger partial charge in [-0.3, -0.25) is 0 Å². The second-order valence-electron chi connectivity index (χ2n) is 5.16. The number of halogens is 1. The number of rotatable bonds is 5. The molecular formula is C12H17BrO4S2. The van der Waals surface area contributed by atoms with Gasteiger partial charge in [-0.25, -0.2) is 8.42 Å². The van der Waals surface area contributed by atoms with Gasteiger partial charge in [0, 0.05) is 10.3 Å². The zero-order valence-electron chi connectivity index (χ0n) is 10.4. The molecule has 2 heterocycles. The lowest BCUT2D eigenvalue weighted by Gasteiger charge is -2.35. The van der Waals surface area contributed by atoms with Gasteiger partial charge < -0.3 is 10.2 Å². The molecule has 0 bridgehead atoms. The summed E-state index contributed by atoms with van der Waals surface area (Å²) in [4.78, 5) is 1.04. The van der Waals surface area contributed by atoms with Crippen LogP contribution in [0.4, 0.5) is 0 Å². The van der Waals surface area contributed by atoms with Gasteiger partial charge in [0.2, 0.25) is 0 Å². The van der Waals surface area contributed by atoms with Gasteiger partial charge in [-0.2, -0.15) is 0 Å². The van der Waals surface area contributed by atoms with Crippen LogP contribution < -0.4 is 0 Å². The Bertz CT molecular complexity index is 534. The van der Waals surface area contributed by atoms with Gasteiger partial charge in [-0.1, -0.05) is 0 Å². The quantitative estimate of drug-likeness (QED) is 0.824. The molecule has 1 atom stereocenters. The Morgan fingerprint density at radius 3 is 2.47 bits per heavy atom. The Morgan fingerprint density at radius 1 is 1.37 bits per heavy atom. The van der Waals surface area contributed by atoms with E-state index in [2.05, 4.69) is 15.9 Å². The average molecular weight is 369 g/mol. The van der Waals surface area contributed by atoms with Gasteiger partial charge >= 0.3 is 0 Å². The average Bonchev–Trinajstić information content (AvgIpc) is 2.92. The van der Waals surface area contributed by atoms with Crippen molar-refractivity contribution in [3.8, 4) is 0 Å². The van der Waals surface area contributed by atoms with Crippen LogP contribution in [-0.4, -0.2) is 43.4 Å². The first-order valence-electron chi connectivity index (χ1n) is 6.07. The summed E-state index contributed by atoms with van der Waals surface area (Å²) >= 11 is 4.93. The molecule has 0 saturated carbocycles. The first kappa shape index (κ1) is 15.4. The van der Waals surface area contributed by atoms with Crippen molar-refractivity contribution in [3.05, 3.63) is 20.8 Å². The predicted octanol–water partition coefficient (Wildman–Crippen LogP) is 1.46. The maximum absolute atomic E-state index is 11.6. The normalized spacial score (nSPS) is 22.8. The molecule has 1 aliphatic rings. The highest BCUT2D eigenvalue weighted by Crippen LogP contribution is 2.40. The molecule has 1 aromatic rings. The molecule has 0 aliphatic carbocycles. The Kier molecular flexibility index (Phi) is 4.72. The highest BCUT2D eigenvalue weighted by Gasteiger charge is 2.44. The lowest BCUT2D eigenvalue weighted by molar-refractivity contribution is 0.0131. The van der Waals surface area contributed by atoms with Crippen LogP contribution in [0, 0.1) is 11.3 Å². The lowest BCUT2D eigenvalue weighted by atomic mass is 9.73. The molecule has 108 valence electrons. The number of hydrogen-bond donors (Lipinski definition) is 2. The minimum absolute atomic E-state index is 0.0701. The van der Waals surface area contributed by atoms with E-state index in [1.165, 1.54) is 0 Å². The standard InChI is InChI=1S/C12H17BrO4S2/c13-11-2-1-10(18-11)5-12(7-14,8-15)9-3-4-19(16,17)6-9/h1-2,9,14-15H,3-8H2. The van der Waals surface area contributed by atoms with Crippen LogP contribution in [0.5, 0.6) is 0 Å². The van der Waals surface area contributed by atoms with Crippen molar-refractivity contribution >= 4 is 37.1 Å². The van der Waals surface area contributed by atoms with Gasteiger partial charge in [-0.15, -0.1) is 11.3 Å². The van der Waals surface area contributed by atoms with Gasteiger partial charge in [0.05, 0.1) is 28.5 Å². The molecule has 4 nitrogen and oxygen atoms in total. The van der Waals surface area contributed by atoms with E-state index in [4.69, 9.17) is 0 Å². The van der Waals surface area contributed by atoms with Crippen molar-refractivity contribution in [2.45, 2.75) is 12.8 Å². The zero-order chi connectivity index (χ0) is 14.1. The SMILES string of the molecule is O=S1(=O)CCC(C(CO)(CO)Cc2ccc(Br)s2)C1. The number of sulfone groups is 1. The van der Waals surface area contributed by atoms with E-state index in [1.54, 1.807) is 11.3 Å². The van der Waals surface area contributed by atoms with Crippen molar-refractivity contribution in [2.75, 3.05) is 24.7 Å². The molecule has 2 rings (SSSR count). The van der Waals surface area contributed by atoms with Crippen LogP contribution >= 0.6 is 27.3 Å². The van der Waals surface area contributed by atoms with E-state index >= 15 is 0 Å². The fourth-order valence-electron chi connectivity index (χ4n) is 2.64. The minimum Gasteiger partial charge on any atom is -0.396 e. The Balaban J connectivity index is 2.22. The monoisotopic (exact) mass is 368 g/mol. The van der Waals surface area contributed by atoms with Crippen LogP contribution in [-0.2, 0) is 16.3 Å². The zero-order valence-corrected chi connectivity index (χ0v) is 13.6. The minimum atomic E-state index is -3.01. The Labute approximate surface area is 125 Å². The summed E-state index contributed by atoms with van der Waals surface area (Å²) in [5.74, 6) is 0.0576. The van der Waals surface area contributed by atoms with E-state index in [9.17, 15) is 18.6 Å². The smallest absolute Gasteiger partial charge is 0.150 e. The second kappa shape index (κ2) is 5.81. The molecule has 1 aromatic heterocycles. The van der Waals surface area contributed by atoms with Crippen LogP contribution in [0.25, 0.3) is 0 Å². The first-order chi connectivity index (χ1) is 8.91. The van der Waals surface area contributed by atoms with Crippen LogP contribution in [0.3, 0.4) is 0 Å². The highest BCUT2D eigenvalue weighted by molar-refractivity contribution is 9.11. The van der Waals surface area contributed by atoms with Gasteiger partial charge in [0.25, 0.3) is 0 Å². The number of hydrogen-bond acceptors (Lipinski definition) is 5. The number of aliphatic hydroxyl groups is 2. The van der Waals surface area contributed by atoms with Gasteiger partial charge in [0.1, 0.15) is 0 Å². The molecule has 1 fully saturated rings. The molecule has 7 heteroatoms. The highest BCUT2D eigenvalue weighted by atomic mass is 79.9. The van der Waals surface area contributed by atoms with E-state index in [1.807, 2.05) is 12.1 Å². The molecule has 0 amide bonds. The van der Waals surface area contributed by atoms with Crippen molar-refractivity contribution in [3.63, 3.8) is 0 Å². The summed E-state index contributed by atoms with van der Waals surface area (Å²) in [5, 5.41) is 19.4. The topological polar surface area (TPSA) is 74.6 Å². The third-order valence-corrected chi connectivity index (χ3v) is 7.27. The summed E-state index contributed by atoms with van der Waals surface area (Å²) in [7, 11) is -3.01. The number of thiophene rings is 1. The molecule has 0 aromatic carbocycles. The molecule has 1 saturated heterocycles. The predicted molar refractivity (Wildman–Crippen MR) is 79.1 cm³/mol. The Morgan fingerprint density at radius 2 is 2.05 bits per heavy atom. The Hall–Kier alpha value is 0.0500. The maximum Gasteiger partial charge on any atom is 0.150 e. The molecule has 0 radical (unpaired) electrons. The summed E-state index contributed by atoms with van der Waals surface area (Å²) < 4.78 is 24.2. The van der Waals surface area contributed by atoms with E-state index < -0.39 is 15.3 Å². The summed E-state index contributed by atoms with van der Waals surface area (Å²) in [5.41, 5.74) is -0.742. The molecule has 1 aliphatic heterocycles. The fourth-order valence-corrected chi connectivity index (χ4v) is 6.22. The summed E-state index contributed by atoms with van der Waals surface area (Å²) in [6.45, 7) is -0.390. The second-order valence-corrected chi connectivity index (χ2v) is 9.94. The van der Waals surface area contributed by atoms with Gasteiger partial charge in [0.15, 0.2) is 9.84 Å². The molecule has 2 N–H and O–H groups in total. The van der Waals surface area contributed by atoms with Crippen molar-refractivity contribution < 1.29 is 18.6 Å². The summed E-state index contributed by atoms with van der Waals surface area (Å²) in [6, 6.07) is 3.86. The van der Waals surface area contributed by atoms with Crippen LogP contribution in [0.1, 0.15) is 11.3 Å². The van der Waals surface area contributed by atoms with Gasteiger partial charge in [-0.05, 0) is 46.8 Å².